The number of fused-ring (bicyclic) bond motifs is 1. The maximum absolute atomic E-state index is 13.2. The monoisotopic (exact) mass is 415 g/mol. The zero-order valence-electron chi connectivity index (χ0n) is 14.9. The fourth-order valence-electron chi connectivity index (χ4n) is 2.76. The van der Waals surface area contributed by atoms with Crippen LogP contribution in [0.15, 0.2) is 41.8 Å². The number of amides is 1. The van der Waals surface area contributed by atoms with Crippen molar-refractivity contribution in [3.8, 4) is 5.69 Å². The molecular formula is C19H14FN3O3S2. The second kappa shape index (κ2) is 7.17. The zero-order chi connectivity index (χ0) is 19.8. The van der Waals surface area contributed by atoms with Crippen LogP contribution >= 0.6 is 22.7 Å². The molecule has 0 aliphatic rings. The molecule has 0 spiro atoms. The van der Waals surface area contributed by atoms with E-state index in [0.717, 1.165) is 15.9 Å². The van der Waals surface area contributed by atoms with Crippen LogP contribution in [0.25, 0.3) is 15.9 Å². The smallest absolute Gasteiger partial charge is 0.350 e. The summed E-state index contributed by atoms with van der Waals surface area (Å²) in [5.74, 6) is -1.15. The molecular weight excluding hydrogens is 401 g/mol. The third kappa shape index (κ3) is 3.19. The SMILES string of the molecule is COC(=O)c1sccc1NC(=O)c1cc2c(C)nn(-c3ccc(F)cc3)c2s1. The number of benzene rings is 1. The fourth-order valence-corrected chi connectivity index (χ4v) is 4.60. The van der Waals surface area contributed by atoms with Crippen molar-refractivity contribution in [3.63, 3.8) is 0 Å². The highest BCUT2D eigenvalue weighted by atomic mass is 32.1. The molecule has 1 aromatic carbocycles. The van der Waals surface area contributed by atoms with Crippen molar-refractivity contribution in [2.75, 3.05) is 12.4 Å². The number of aryl methyl sites for hydroxylation is 1. The van der Waals surface area contributed by atoms with Crippen molar-refractivity contribution < 1.29 is 18.7 Å². The molecule has 0 aliphatic carbocycles. The minimum Gasteiger partial charge on any atom is -0.465 e. The first kappa shape index (κ1) is 18.3. The number of anilines is 1. The van der Waals surface area contributed by atoms with Gasteiger partial charge in [0, 0.05) is 5.39 Å². The van der Waals surface area contributed by atoms with Gasteiger partial charge in [-0.25, -0.2) is 13.9 Å². The maximum atomic E-state index is 13.2. The van der Waals surface area contributed by atoms with Crippen LogP contribution in [0.5, 0.6) is 0 Å². The molecule has 4 rings (SSSR count). The number of rotatable bonds is 4. The van der Waals surface area contributed by atoms with E-state index in [0.29, 0.717) is 21.1 Å². The minimum absolute atomic E-state index is 0.324. The number of esters is 1. The number of aromatic nitrogens is 2. The van der Waals surface area contributed by atoms with Gasteiger partial charge < -0.3 is 10.1 Å². The summed E-state index contributed by atoms with van der Waals surface area (Å²) in [5.41, 5.74) is 1.88. The van der Waals surface area contributed by atoms with Gasteiger partial charge in [-0.3, -0.25) is 4.79 Å². The number of thiophene rings is 2. The normalized spacial score (nSPS) is 11.0. The van der Waals surface area contributed by atoms with E-state index in [4.69, 9.17) is 4.74 Å². The van der Waals surface area contributed by atoms with Crippen molar-refractivity contribution in [1.29, 1.82) is 0 Å². The van der Waals surface area contributed by atoms with E-state index >= 15 is 0 Å². The standard InChI is InChI=1S/C19H14FN3O3S2/c1-10-13-9-15(17(24)21-14-7-8-27-16(14)19(25)26-2)28-18(13)23(22-10)12-5-3-11(20)4-6-12/h3-9H,1-2H3,(H,21,24). The van der Waals surface area contributed by atoms with E-state index in [1.807, 2.05) is 6.92 Å². The molecule has 3 aromatic heterocycles. The van der Waals surface area contributed by atoms with Crippen LogP contribution in [0.3, 0.4) is 0 Å². The van der Waals surface area contributed by atoms with Crippen LogP contribution in [0.4, 0.5) is 10.1 Å². The molecule has 28 heavy (non-hydrogen) atoms. The summed E-state index contributed by atoms with van der Waals surface area (Å²) >= 11 is 2.47. The van der Waals surface area contributed by atoms with Gasteiger partial charge in [0.2, 0.25) is 0 Å². The topological polar surface area (TPSA) is 73.2 Å². The highest BCUT2D eigenvalue weighted by Crippen LogP contribution is 2.31. The third-order valence-electron chi connectivity index (χ3n) is 4.12. The highest BCUT2D eigenvalue weighted by molar-refractivity contribution is 7.20. The van der Waals surface area contributed by atoms with E-state index in [9.17, 15) is 14.0 Å². The third-order valence-corrected chi connectivity index (χ3v) is 6.13. The molecule has 142 valence electrons. The maximum Gasteiger partial charge on any atom is 0.350 e. The summed E-state index contributed by atoms with van der Waals surface area (Å²) in [4.78, 5) is 26.1. The van der Waals surface area contributed by atoms with Crippen molar-refractivity contribution in [1.82, 2.24) is 9.78 Å². The number of ether oxygens (including phenoxy) is 1. The van der Waals surface area contributed by atoms with Crippen LogP contribution < -0.4 is 5.32 Å². The summed E-state index contributed by atoms with van der Waals surface area (Å²) in [7, 11) is 1.30. The molecule has 4 aromatic rings. The van der Waals surface area contributed by atoms with Crippen molar-refractivity contribution in [2.45, 2.75) is 6.92 Å². The van der Waals surface area contributed by atoms with Gasteiger partial charge in [0.25, 0.3) is 5.91 Å². The zero-order valence-corrected chi connectivity index (χ0v) is 16.5. The van der Waals surface area contributed by atoms with E-state index < -0.39 is 5.97 Å². The Morgan fingerprint density at radius 3 is 2.68 bits per heavy atom. The summed E-state index contributed by atoms with van der Waals surface area (Å²) in [6.45, 7) is 1.85. The quantitative estimate of drug-likeness (QED) is 0.493. The van der Waals surface area contributed by atoms with Crippen molar-refractivity contribution in [3.05, 3.63) is 63.0 Å². The van der Waals surface area contributed by atoms with Crippen LogP contribution in [0.1, 0.15) is 25.0 Å². The van der Waals surface area contributed by atoms with Gasteiger partial charge in [-0.15, -0.1) is 22.7 Å². The molecule has 0 saturated carbocycles. The van der Waals surface area contributed by atoms with Gasteiger partial charge in [0.05, 0.1) is 29.1 Å². The molecule has 0 fully saturated rings. The van der Waals surface area contributed by atoms with Crippen LogP contribution in [-0.4, -0.2) is 28.8 Å². The number of nitrogens with zero attached hydrogens (tertiary/aromatic N) is 2. The van der Waals surface area contributed by atoms with Gasteiger partial charge in [-0.1, -0.05) is 0 Å². The summed E-state index contributed by atoms with van der Waals surface area (Å²) in [5, 5.41) is 9.81. The Morgan fingerprint density at radius 2 is 1.96 bits per heavy atom. The van der Waals surface area contributed by atoms with Gasteiger partial charge in [0.15, 0.2) is 0 Å². The first-order chi connectivity index (χ1) is 13.5. The van der Waals surface area contributed by atoms with Gasteiger partial charge in [0.1, 0.15) is 15.5 Å². The lowest BCUT2D eigenvalue weighted by Crippen LogP contribution is -2.12. The molecule has 6 nitrogen and oxygen atoms in total. The second-order valence-corrected chi connectivity index (χ2v) is 7.86. The molecule has 0 unspecified atom stereocenters. The van der Waals surface area contributed by atoms with Gasteiger partial charge in [-0.05, 0) is 48.7 Å². The lowest BCUT2D eigenvalue weighted by Gasteiger charge is -2.04. The average Bonchev–Trinajstić information content (AvgIpc) is 3.39. The Balaban J connectivity index is 1.68. The Bertz CT molecular complexity index is 1190. The Morgan fingerprint density at radius 1 is 1.21 bits per heavy atom. The molecule has 0 atom stereocenters. The van der Waals surface area contributed by atoms with Gasteiger partial charge in [-0.2, -0.15) is 5.10 Å². The number of halogens is 1. The second-order valence-electron chi connectivity index (χ2n) is 5.91. The summed E-state index contributed by atoms with van der Waals surface area (Å²) in [6.07, 6.45) is 0. The Kier molecular flexibility index (Phi) is 4.70. The largest absolute Gasteiger partial charge is 0.465 e. The van der Waals surface area contributed by atoms with Crippen LogP contribution in [0.2, 0.25) is 0 Å². The number of hydrogen-bond acceptors (Lipinski definition) is 6. The summed E-state index contributed by atoms with van der Waals surface area (Å²) in [6, 6.07) is 9.42. The van der Waals surface area contributed by atoms with Crippen LogP contribution in [-0.2, 0) is 4.74 Å². The molecule has 1 N–H and O–H groups in total. The lowest BCUT2D eigenvalue weighted by molar-refractivity contribution is 0.0607. The summed E-state index contributed by atoms with van der Waals surface area (Å²) < 4.78 is 19.6. The molecule has 1 amide bonds. The van der Waals surface area contributed by atoms with Crippen molar-refractivity contribution in [2.24, 2.45) is 0 Å². The molecule has 9 heteroatoms. The first-order valence-corrected chi connectivity index (χ1v) is 9.90. The lowest BCUT2D eigenvalue weighted by atomic mass is 10.3. The molecule has 0 saturated heterocycles. The minimum atomic E-state index is -0.496. The fraction of sp³-hybridized carbons (Fsp3) is 0.105. The number of hydrogen-bond donors (Lipinski definition) is 1. The number of nitrogens with one attached hydrogen (secondary N) is 1. The Labute approximate surface area is 167 Å². The molecule has 0 bridgehead atoms. The molecule has 0 aliphatic heterocycles. The predicted molar refractivity (Wildman–Crippen MR) is 107 cm³/mol. The van der Waals surface area contributed by atoms with E-state index in [2.05, 4.69) is 10.4 Å². The number of carbonyl (C=O) groups excluding carboxylic acids is 2. The van der Waals surface area contributed by atoms with E-state index in [1.54, 1.807) is 34.3 Å². The average molecular weight is 415 g/mol. The van der Waals surface area contributed by atoms with E-state index in [-0.39, 0.29) is 11.7 Å². The first-order valence-electron chi connectivity index (χ1n) is 8.20. The van der Waals surface area contributed by atoms with E-state index in [1.165, 1.54) is 41.9 Å². The predicted octanol–water partition coefficient (Wildman–Crippen LogP) is 4.63. The molecule has 0 radical (unpaired) electrons. The number of methoxy groups -OCH3 is 1. The van der Waals surface area contributed by atoms with Gasteiger partial charge >= 0.3 is 5.97 Å². The number of carbonyl (C=O) groups is 2. The van der Waals surface area contributed by atoms with Crippen molar-refractivity contribution >= 4 is 50.5 Å². The molecule has 3 heterocycles. The Hall–Kier alpha value is -3.04. The highest BCUT2D eigenvalue weighted by Gasteiger charge is 2.20. The van der Waals surface area contributed by atoms with Crippen LogP contribution in [0, 0.1) is 12.7 Å².